The highest BCUT2D eigenvalue weighted by Gasteiger charge is 2.12. The molecule has 150 valence electrons. The molecule has 0 radical (unpaired) electrons. The average Bonchev–Trinajstić information content (AvgIpc) is 2.55. The Labute approximate surface area is 149 Å². The van der Waals surface area contributed by atoms with E-state index in [-0.39, 0.29) is 19.6 Å². The lowest BCUT2D eigenvalue weighted by atomic mass is 9.95. The summed E-state index contributed by atoms with van der Waals surface area (Å²) in [5, 5.41) is 35.8. The summed E-state index contributed by atoms with van der Waals surface area (Å²) in [7, 11) is 0. The lowest BCUT2D eigenvalue weighted by molar-refractivity contribution is -0.758. The molecule has 0 bridgehead atoms. The monoisotopic (exact) mass is 379 g/mol. The van der Waals surface area contributed by atoms with Crippen LogP contribution in [-0.4, -0.2) is 64.6 Å². The van der Waals surface area contributed by atoms with Gasteiger partial charge in [-0.15, -0.1) is 10.1 Å². The molecular formula is C14H25N3O9. The van der Waals surface area contributed by atoms with Crippen LogP contribution < -0.4 is 11.1 Å². The normalized spacial score (nSPS) is 13.6. The molecule has 0 atom stereocenters. The number of aliphatic carboxylic acids is 3. The summed E-state index contributed by atoms with van der Waals surface area (Å²) in [6.45, 7) is 2.54. The van der Waals surface area contributed by atoms with Crippen LogP contribution in [0.25, 0.3) is 0 Å². The second-order valence-corrected chi connectivity index (χ2v) is 4.98. The maximum absolute atomic E-state index is 9.81. The first kappa shape index (κ1) is 25.5. The van der Waals surface area contributed by atoms with E-state index in [4.69, 9.17) is 21.1 Å². The van der Waals surface area contributed by atoms with Gasteiger partial charge in [0.25, 0.3) is 5.09 Å². The van der Waals surface area contributed by atoms with Gasteiger partial charge in [0.15, 0.2) is 0 Å². The number of nitrogens with two attached hydrogens (primary N) is 1. The van der Waals surface area contributed by atoms with Crippen molar-refractivity contribution in [3.63, 3.8) is 0 Å². The summed E-state index contributed by atoms with van der Waals surface area (Å²) in [6, 6.07) is 0. The molecule has 0 aromatic rings. The SMILES string of the molecule is NCCC(=O)O.O=C(O)C=CC(=O)O.O=[N+]([O-])OCCC1CCNCC1. The highest BCUT2D eigenvalue weighted by Crippen LogP contribution is 2.15. The number of nitrogens with zero attached hydrogens (tertiary/aromatic N) is 1. The van der Waals surface area contributed by atoms with Gasteiger partial charge in [0.1, 0.15) is 0 Å². The highest BCUT2D eigenvalue weighted by atomic mass is 16.9. The highest BCUT2D eigenvalue weighted by molar-refractivity contribution is 5.89. The van der Waals surface area contributed by atoms with Crippen LogP contribution in [0.2, 0.25) is 0 Å². The molecule has 6 N–H and O–H groups in total. The van der Waals surface area contributed by atoms with Gasteiger partial charge in [-0.25, -0.2) is 9.59 Å². The first-order valence-corrected chi connectivity index (χ1v) is 7.72. The average molecular weight is 379 g/mol. The number of carboxylic acid groups (broad SMARTS) is 3. The van der Waals surface area contributed by atoms with Crippen LogP contribution in [0.1, 0.15) is 25.7 Å². The van der Waals surface area contributed by atoms with E-state index in [1.165, 1.54) is 0 Å². The summed E-state index contributed by atoms with van der Waals surface area (Å²) >= 11 is 0. The van der Waals surface area contributed by atoms with Crippen LogP contribution in [0.15, 0.2) is 12.2 Å². The third-order valence-electron chi connectivity index (χ3n) is 2.91. The fourth-order valence-electron chi connectivity index (χ4n) is 1.73. The van der Waals surface area contributed by atoms with E-state index in [0.717, 1.165) is 32.4 Å². The molecule has 12 heteroatoms. The molecule has 1 saturated heterocycles. The van der Waals surface area contributed by atoms with E-state index >= 15 is 0 Å². The van der Waals surface area contributed by atoms with Crippen LogP contribution >= 0.6 is 0 Å². The Kier molecular flexibility index (Phi) is 16.8. The second kappa shape index (κ2) is 17.1. The smallest absolute Gasteiger partial charge is 0.328 e. The van der Waals surface area contributed by atoms with Crippen molar-refractivity contribution in [2.75, 3.05) is 26.2 Å². The van der Waals surface area contributed by atoms with Gasteiger partial charge >= 0.3 is 17.9 Å². The maximum atomic E-state index is 9.81. The zero-order chi connectivity index (χ0) is 20.4. The predicted molar refractivity (Wildman–Crippen MR) is 88.9 cm³/mol. The predicted octanol–water partition coefficient (Wildman–Crippen LogP) is -0.284. The van der Waals surface area contributed by atoms with Crippen LogP contribution in [0.5, 0.6) is 0 Å². The zero-order valence-electron chi connectivity index (χ0n) is 14.2. The molecule has 0 aromatic heterocycles. The van der Waals surface area contributed by atoms with Crippen molar-refractivity contribution in [1.29, 1.82) is 0 Å². The maximum Gasteiger partial charge on any atom is 0.328 e. The number of carbonyl (C=O) groups is 3. The molecule has 0 spiro atoms. The molecule has 0 amide bonds. The van der Waals surface area contributed by atoms with Gasteiger partial charge in [-0.3, -0.25) is 4.79 Å². The number of nitrogens with one attached hydrogen (secondary N) is 1. The van der Waals surface area contributed by atoms with Crippen molar-refractivity contribution in [3.8, 4) is 0 Å². The summed E-state index contributed by atoms with van der Waals surface area (Å²) in [5.41, 5.74) is 4.85. The molecule has 1 fully saturated rings. The molecule has 1 rings (SSSR count). The van der Waals surface area contributed by atoms with Crippen LogP contribution in [-0.2, 0) is 19.2 Å². The topological polar surface area (TPSA) is 202 Å². The van der Waals surface area contributed by atoms with E-state index in [1.807, 2.05) is 0 Å². The molecule has 0 aromatic carbocycles. The zero-order valence-corrected chi connectivity index (χ0v) is 14.2. The Morgan fingerprint density at radius 2 is 1.65 bits per heavy atom. The van der Waals surface area contributed by atoms with Crippen LogP contribution in [0.3, 0.4) is 0 Å². The van der Waals surface area contributed by atoms with E-state index in [0.29, 0.717) is 18.1 Å². The van der Waals surface area contributed by atoms with E-state index in [1.54, 1.807) is 0 Å². The summed E-state index contributed by atoms with van der Waals surface area (Å²) in [5.74, 6) is -2.75. The minimum absolute atomic E-state index is 0.0694. The molecule has 12 nitrogen and oxygen atoms in total. The summed E-state index contributed by atoms with van der Waals surface area (Å²) in [6.07, 6.45) is 4.22. The van der Waals surface area contributed by atoms with Crippen LogP contribution in [0.4, 0.5) is 0 Å². The Balaban J connectivity index is 0. The lowest BCUT2D eigenvalue weighted by Gasteiger charge is -2.21. The molecule has 0 aliphatic carbocycles. The third-order valence-corrected chi connectivity index (χ3v) is 2.91. The molecule has 26 heavy (non-hydrogen) atoms. The minimum atomic E-state index is -1.26. The van der Waals surface area contributed by atoms with E-state index < -0.39 is 23.0 Å². The number of carboxylic acids is 3. The lowest BCUT2D eigenvalue weighted by Crippen LogP contribution is -2.28. The Bertz CT molecular complexity index is 447. The number of hydrogen-bond donors (Lipinski definition) is 5. The third kappa shape index (κ3) is 23.5. The van der Waals surface area contributed by atoms with Crippen molar-refractivity contribution in [2.24, 2.45) is 11.7 Å². The first-order chi connectivity index (χ1) is 12.2. The van der Waals surface area contributed by atoms with Crippen molar-refractivity contribution >= 4 is 17.9 Å². The van der Waals surface area contributed by atoms with Gasteiger partial charge in [0.2, 0.25) is 0 Å². The van der Waals surface area contributed by atoms with Crippen molar-refractivity contribution < 1.29 is 39.6 Å². The second-order valence-electron chi connectivity index (χ2n) is 4.98. The fourth-order valence-corrected chi connectivity index (χ4v) is 1.73. The molecule has 1 aliphatic heterocycles. The molecular weight excluding hydrogens is 354 g/mol. The van der Waals surface area contributed by atoms with Crippen molar-refractivity contribution in [1.82, 2.24) is 5.32 Å². The standard InChI is InChI=1S/C7H14N2O3.C4H4O4.C3H7NO2/c10-9(11)12-6-3-7-1-4-8-5-2-7;5-3(6)1-2-4(7)8;4-2-1-3(5)6/h7-8H,1-6H2;1-2H,(H,5,6)(H,7,8);1-2,4H2,(H,5,6). The van der Waals surface area contributed by atoms with Gasteiger partial charge in [-0.2, -0.15) is 0 Å². The Morgan fingerprint density at radius 3 is 1.96 bits per heavy atom. The quantitative estimate of drug-likeness (QED) is 0.211. The van der Waals surface area contributed by atoms with Gasteiger partial charge in [-0.1, -0.05) is 0 Å². The summed E-state index contributed by atoms with van der Waals surface area (Å²) < 4.78 is 0. The van der Waals surface area contributed by atoms with Gasteiger partial charge < -0.3 is 31.2 Å². The first-order valence-electron chi connectivity index (χ1n) is 7.72. The molecule has 0 unspecified atom stereocenters. The summed E-state index contributed by atoms with van der Waals surface area (Å²) in [4.78, 5) is 42.7. The van der Waals surface area contributed by atoms with Crippen LogP contribution in [0, 0.1) is 16.0 Å². The van der Waals surface area contributed by atoms with Gasteiger partial charge in [-0.05, 0) is 38.3 Å². The molecule has 1 aliphatic rings. The number of hydrogen-bond acceptors (Lipinski definition) is 8. The van der Waals surface area contributed by atoms with Crippen molar-refractivity contribution in [2.45, 2.75) is 25.7 Å². The van der Waals surface area contributed by atoms with E-state index in [9.17, 15) is 24.5 Å². The van der Waals surface area contributed by atoms with Gasteiger partial charge in [0.05, 0.1) is 13.0 Å². The van der Waals surface area contributed by atoms with E-state index in [2.05, 4.69) is 10.2 Å². The molecule has 1 heterocycles. The Morgan fingerprint density at radius 1 is 1.15 bits per heavy atom. The van der Waals surface area contributed by atoms with Crippen molar-refractivity contribution in [3.05, 3.63) is 22.3 Å². The largest absolute Gasteiger partial charge is 0.481 e. The molecule has 0 saturated carbocycles. The fraction of sp³-hybridized carbons (Fsp3) is 0.643. The number of piperidine rings is 1. The van der Waals surface area contributed by atoms with Gasteiger partial charge in [0, 0.05) is 18.7 Å². The minimum Gasteiger partial charge on any atom is -0.481 e. The Hall–Kier alpha value is -2.73. The number of rotatable bonds is 8.